The smallest absolute Gasteiger partial charge is 0.241 e. The summed E-state index contributed by atoms with van der Waals surface area (Å²) in [6.45, 7) is 10.2. The average Bonchev–Trinajstić information content (AvgIpc) is 2.45. The van der Waals surface area contributed by atoms with Crippen molar-refractivity contribution in [2.24, 2.45) is 0 Å². The maximum atomic E-state index is 12.0. The molecule has 2 N–H and O–H groups in total. The van der Waals surface area contributed by atoms with Crippen molar-refractivity contribution in [1.82, 2.24) is 10.2 Å². The van der Waals surface area contributed by atoms with Crippen LogP contribution in [-0.2, 0) is 4.79 Å². The minimum absolute atomic E-state index is 0.0102. The number of aryl methyl sites for hydroxylation is 1. The zero-order valence-corrected chi connectivity index (χ0v) is 13.9. The monoisotopic (exact) mass is 291 g/mol. The quantitative estimate of drug-likeness (QED) is 0.724. The molecule has 4 heteroatoms. The van der Waals surface area contributed by atoms with Crippen molar-refractivity contribution in [2.45, 2.75) is 46.2 Å². The van der Waals surface area contributed by atoms with Crippen LogP contribution in [0.25, 0.3) is 0 Å². The lowest BCUT2D eigenvalue weighted by atomic mass is 10.2. The van der Waals surface area contributed by atoms with Crippen molar-refractivity contribution in [3.63, 3.8) is 0 Å². The summed E-state index contributed by atoms with van der Waals surface area (Å²) in [5, 5.41) is 6.19. The molecule has 1 unspecified atom stereocenters. The minimum atomic E-state index is -0.185. The summed E-state index contributed by atoms with van der Waals surface area (Å²) in [5.41, 5.74) is 2.03. The Bertz CT molecular complexity index is 428. The molecule has 118 valence electrons. The molecular weight excluding hydrogens is 262 g/mol. The van der Waals surface area contributed by atoms with E-state index in [1.54, 1.807) is 0 Å². The van der Waals surface area contributed by atoms with E-state index in [-0.39, 0.29) is 11.9 Å². The van der Waals surface area contributed by atoms with Crippen LogP contribution in [-0.4, -0.2) is 43.0 Å². The number of rotatable bonds is 8. The van der Waals surface area contributed by atoms with Crippen LogP contribution in [0.4, 0.5) is 5.69 Å². The third kappa shape index (κ3) is 6.74. The van der Waals surface area contributed by atoms with E-state index in [0.29, 0.717) is 6.04 Å². The third-order valence-electron chi connectivity index (χ3n) is 3.73. The highest BCUT2D eigenvalue weighted by atomic mass is 16.2. The van der Waals surface area contributed by atoms with Crippen LogP contribution in [0, 0.1) is 6.92 Å². The second-order valence-corrected chi connectivity index (χ2v) is 5.96. The Balaban J connectivity index is 2.26. The van der Waals surface area contributed by atoms with Gasteiger partial charge in [-0.2, -0.15) is 0 Å². The van der Waals surface area contributed by atoms with Gasteiger partial charge >= 0.3 is 0 Å². The van der Waals surface area contributed by atoms with Gasteiger partial charge in [0.25, 0.3) is 0 Å². The molecule has 21 heavy (non-hydrogen) atoms. The lowest BCUT2D eigenvalue weighted by Crippen LogP contribution is -2.39. The lowest BCUT2D eigenvalue weighted by molar-refractivity contribution is -0.117. The van der Waals surface area contributed by atoms with Crippen molar-refractivity contribution in [3.8, 4) is 0 Å². The molecule has 0 fully saturated rings. The second-order valence-electron chi connectivity index (χ2n) is 5.96. The van der Waals surface area contributed by atoms with Crippen LogP contribution in [0.2, 0.25) is 0 Å². The molecule has 0 aliphatic heterocycles. The highest BCUT2D eigenvalue weighted by Crippen LogP contribution is 2.08. The Hall–Kier alpha value is -1.39. The number of benzene rings is 1. The number of carbonyl (C=O) groups is 1. The van der Waals surface area contributed by atoms with E-state index in [1.807, 2.05) is 38.1 Å². The van der Waals surface area contributed by atoms with Gasteiger partial charge in [-0.3, -0.25) is 4.79 Å². The Morgan fingerprint density at radius 1 is 1.19 bits per heavy atom. The largest absolute Gasteiger partial charge is 0.325 e. The number of carbonyl (C=O) groups excluding carboxylic acids is 1. The first kappa shape index (κ1) is 17.7. The normalized spacial score (nSPS) is 12.7. The van der Waals surface area contributed by atoms with Gasteiger partial charge in [-0.05, 0) is 66.4 Å². The van der Waals surface area contributed by atoms with Crippen LogP contribution in [0.3, 0.4) is 0 Å². The summed E-state index contributed by atoms with van der Waals surface area (Å²) in [7, 11) is 2.12. The molecule has 1 aromatic rings. The summed E-state index contributed by atoms with van der Waals surface area (Å²) >= 11 is 0. The van der Waals surface area contributed by atoms with Gasteiger partial charge in [0, 0.05) is 11.7 Å². The maximum absolute atomic E-state index is 12.0. The molecule has 0 radical (unpaired) electrons. The van der Waals surface area contributed by atoms with Crippen LogP contribution in [0.1, 0.15) is 32.8 Å². The summed E-state index contributed by atoms with van der Waals surface area (Å²) in [6.07, 6.45) is 1.04. The molecule has 4 nitrogen and oxygen atoms in total. The number of nitrogens with one attached hydrogen (secondary N) is 2. The Labute approximate surface area is 128 Å². The van der Waals surface area contributed by atoms with Crippen molar-refractivity contribution in [1.29, 1.82) is 0 Å². The molecule has 0 aromatic heterocycles. The first-order chi connectivity index (χ1) is 9.90. The number of hydrogen-bond acceptors (Lipinski definition) is 3. The molecular formula is C17H29N3O. The zero-order chi connectivity index (χ0) is 15.8. The highest BCUT2D eigenvalue weighted by molar-refractivity contribution is 5.94. The predicted molar refractivity (Wildman–Crippen MR) is 89.7 cm³/mol. The fourth-order valence-corrected chi connectivity index (χ4v) is 1.89. The van der Waals surface area contributed by atoms with Crippen molar-refractivity contribution >= 4 is 11.6 Å². The van der Waals surface area contributed by atoms with Gasteiger partial charge in [0.05, 0.1) is 6.04 Å². The standard InChI is InChI=1S/C17H29N3O/c1-13(2)20(5)12-6-11-18-15(4)17(21)19-16-9-7-14(3)8-10-16/h7-10,13,15,18H,6,11-12H2,1-5H3,(H,19,21). The van der Waals surface area contributed by atoms with Gasteiger partial charge < -0.3 is 15.5 Å². The highest BCUT2D eigenvalue weighted by Gasteiger charge is 2.12. The van der Waals surface area contributed by atoms with E-state index < -0.39 is 0 Å². The van der Waals surface area contributed by atoms with E-state index in [9.17, 15) is 4.79 Å². The molecule has 1 amide bonds. The molecule has 0 spiro atoms. The Morgan fingerprint density at radius 3 is 2.38 bits per heavy atom. The van der Waals surface area contributed by atoms with Crippen LogP contribution in [0.15, 0.2) is 24.3 Å². The maximum Gasteiger partial charge on any atom is 0.241 e. The average molecular weight is 291 g/mol. The Kier molecular flexibility index (Phi) is 7.40. The van der Waals surface area contributed by atoms with Crippen LogP contribution >= 0.6 is 0 Å². The number of anilines is 1. The number of nitrogens with zero attached hydrogens (tertiary/aromatic N) is 1. The molecule has 1 aromatic carbocycles. The summed E-state index contributed by atoms with van der Waals surface area (Å²) in [6, 6.07) is 8.22. The number of amides is 1. The molecule has 0 saturated carbocycles. The minimum Gasteiger partial charge on any atom is -0.325 e. The molecule has 0 bridgehead atoms. The van der Waals surface area contributed by atoms with Gasteiger partial charge in [-0.25, -0.2) is 0 Å². The summed E-state index contributed by atoms with van der Waals surface area (Å²) in [5.74, 6) is 0.0102. The van der Waals surface area contributed by atoms with Gasteiger partial charge in [0.15, 0.2) is 0 Å². The summed E-state index contributed by atoms with van der Waals surface area (Å²) in [4.78, 5) is 14.4. The molecule has 1 atom stereocenters. The lowest BCUT2D eigenvalue weighted by Gasteiger charge is -2.21. The van der Waals surface area contributed by atoms with E-state index >= 15 is 0 Å². The zero-order valence-electron chi connectivity index (χ0n) is 13.9. The number of hydrogen-bond donors (Lipinski definition) is 2. The van der Waals surface area contributed by atoms with Crippen molar-refractivity contribution in [3.05, 3.63) is 29.8 Å². The second kappa shape index (κ2) is 8.80. The topological polar surface area (TPSA) is 44.4 Å². The predicted octanol–water partition coefficient (Wildman–Crippen LogP) is 2.64. The summed E-state index contributed by atoms with van der Waals surface area (Å²) < 4.78 is 0. The van der Waals surface area contributed by atoms with Crippen molar-refractivity contribution in [2.75, 3.05) is 25.5 Å². The Morgan fingerprint density at radius 2 is 1.81 bits per heavy atom. The van der Waals surface area contributed by atoms with Crippen LogP contribution < -0.4 is 10.6 Å². The van der Waals surface area contributed by atoms with Gasteiger partial charge in [0.1, 0.15) is 0 Å². The van der Waals surface area contributed by atoms with E-state index in [0.717, 1.165) is 25.2 Å². The van der Waals surface area contributed by atoms with Crippen LogP contribution in [0.5, 0.6) is 0 Å². The van der Waals surface area contributed by atoms with E-state index in [4.69, 9.17) is 0 Å². The molecule has 1 rings (SSSR count). The van der Waals surface area contributed by atoms with Gasteiger partial charge in [-0.15, -0.1) is 0 Å². The molecule has 0 aliphatic rings. The first-order valence-electron chi connectivity index (χ1n) is 7.71. The third-order valence-corrected chi connectivity index (χ3v) is 3.73. The molecule has 0 aliphatic carbocycles. The first-order valence-corrected chi connectivity index (χ1v) is 7.71. The van der Waals surface area contributed by atoms with E-state index in [1.165, 1.54) is 5.56 Å². The SMILES string of the molecule is Cc1ccc(NC(=O)C(C)NCCCN(C)C(C)C)cc1. The van der Waals surface area contributed by atoms with Gasteiger partial charge in [0.2, 0.25) is 5.91 Å². The fraction of sp³-hybridized carbons (Fsp3) is 0.588. The van der Waals surface area contributed by atoms with Crippen molar-refractivity contribution < 1.29 is 4.79 Å². The van der Waals surface area contributed by atoms with Gasteiger partial charge in [-0.1, -0.05) is 17.7 Å². The molecule has 0 heterocycles. The van der Waals surface area contributed by atoms with E-state index in [2.05, 4.69) is 36.4 Å². The molecule has 0 saturated heterocycles. The fourth-order valence-electron chi connectivity index (χ4n) is 1.89.